The quantitative estimate of drug-likeness (QED) is 0.372. The van der Waals surface area contributed by atoms with Crippen LogP contribution in [-0.2, 0) is 22.4 Å². The number of methoxy groups -OCH3 is 1. The molecule has 1 aromatic carbocycles. The highest BCUT2D eigenvalue weighted by atomic mass is 19.1. The zero-order chi connectivity index (χ0) is 29.9. The van der Waals surface area contributed by atoms with E-state index in [0.717, 1.165) is 23.1 Å². The molecule has 5 rings (SSSR count). The van der Waals surface area contributed by atoms with Crippen molar-refractivity contribution in [2.75, 3.05) is 31.6 Å². The van der Waals surface area contributed by atoms with E-state index in [1.807, 2.05) is 26.8 Å². The van der Waals surface area contributed by atoms with Crippen LogP contribution in [0.3, 0.4) is 0 Å². The molecule has 1 saturated heterocycles. The summed E-state index contributed by atoms with van der Waals surface area (Å²) in [6, 6.07) is 5.50. The number of piperidine rings is 1. The van der Waals surface area contributed by atoms with Gasteiger partial charge < -0.3 is 28.7 Å². The zero-order valence-electron chi connectivity index (χ0n) is 24.1. The van der Waals surface area contributed by atoms with Gasteiger partial charge in [0.05, 0.1) is 25.5 Å². The summed E-state index contributed by atoms with van der Waals surface area (Å²) in [5, 5.41) is 0. The molecular formula is C30H34FN5O6. The maximum atomic E-state index is 13.8. The molecule has 2 aliphatic rings. The van der Waals surface area contributed by atoms with Gasteiger partial charge in [-0.05, 0) is 45.0 Å². The van der Waals surface area contributed by atoms with Crippen LogP contribution in [0.2, 0.25) is 0 Å². The fourth-order valence-corrected chi connectivity index (χ4v) is 4.97. The standard InChI is InChI=1S/C30H34FN5O6/c1-30(2,3)42-29(38)36-14-10-23-22(17-36)25(7-11-33-23)40-20-8-12-35(13-9-20)27-26(16-32-18-34-27)41-24-6-5-19(31)15-21(24)28(37)39-4/h5-7,11,15-16,18,20H,8-10,12-14,17H2,1-4H3. The largest absolute Gasteiger partial charge is 0.490 e. The lowest BCUT2D eigenvalue weighted by atomic mass is 10.0. The van der Waals surface area contributed by atoms with Gasteiger partial charge in [0, 0.05) is 50.7 Å². The van der Waals surface area contributed by atoms with Crippen molar-refractivity contribution in [3.05, 3.63) is 65.6 Å². The summed E-state index contributed by atoms with van der Waals surface area (Å²) in [6.07, 6.45) is 6.32. The van der Waals surface area contributed by atoms with Crippen LogP contribution in [0, 0.1) is 5.82 Å². The molecule has 12 heteroatoms. The Hall–Kier alpha value is -4.48. The molecule has 2 aromatic heterocycles. The van der Waals surface area contributed by atoms with Crippen LogP contribution < -0.4 is 14.4 Å². The summed E-state index contributed by atoms with van der Waals surface area (Å²) in [5.74, 6) is 0.456. The number of hydrogen-bond acceptors (Lipinski definition) is 10. The molecule has 0 unspecified atom stereocenters. The van der Waals surface area contributed by atoms with Crippen LogP contribution >= 0.6 is 0 Å². The second-order valence-corrected chi connectivity index (χ2v) is 11.1. The summed E-state index contributed by atoms with van der Waals surface area (Å²) in [4.78, 5) is 41.7. The van der Waals surface area contributed by atoms with Crippen LogP contribution in [0.15, 0.2) is 43.0 Å². The van der Waals surface area contributed by atoms with Crippen molar-refractivity contribution in [2.45, 2.75) is 58.3 Å². The molecular weight excluding hydrogens is 545 g/mol. The molecule has 3 aromatic rings. The maximum Gasteiger partial charge on any atom is 0.410 e. The number of anilines is 1. The van der Waals surface area contributed by atoms with Gasteiger partial charge in [0.2, 0.25) is 0 Å². The average molecular weight is 580 g/mol. The molecule has 222 valence electrons. The van der Waals surface area contributed by atoms with Crippen molar-refractivity contribution in [1.82, 2.24) is 19.9 Å². The number of halogens is 1. The molecule has 0 atom stereocenters. The average Bonchev–Trinajstić information content (AvgIpc) is 2.97. The van der Waals surface area contributed by atoms with Crippen LogP contribution in [0.25, 0.3) is 0 Å². The van der Waals surface area contributed by atoms with Crippen LogP contribution in [0.5, 0.6) is 17.2 Å². The van der Waals surface area contributed by atoms with E-state index in [1.54, 1.807) is 11.1 Å². The summed E-state index contributed by atoms with van der Waals surface area (Å²) >= 11 is 0. The predicted molar refractivity (Wildman–Crippen MR) is 150 cm³/mol. The molecule has 1 amide bonds. The fourth-order valence-electron chi connectivity index (χ4n) is 4.97. The smallest absolute Gasteiger partial charge is 0.410 e. The van der Waals surface area contributed by atoms with Crippen molar-refractivity contribution in [3.8, 4) is 17.2 Å². The highest BCUT2D eigenvalue weighted by Crippen LogP contribution is 2.35. The van der Waals surface area contributed by atoms with E-state index in [0.29, 0.717) is 57.0 Å². The van der Waals surface area contributed by atoms with Gasteiger partial charge in [-0.1, -0.05) is 0 Å². The highest BCUT2D eigenvalue weighted by Gasteiger charge is 2.30. The van der Waals surface area contributed by atoms with E-state index in [4.69, 9.17) is 18.9 Å². The number of carbonyl (C=O) groups is 2. The van der Waals surface area contributed by atoms with Crippen LogP contribution in [0.4, 0.5) is 15.0 Å². The molecule has 42 heavy (non-hydrogen) atoms. The van der Waals surface area contributed by atoms with Gasteiger partial charge in [-0.25, -0.2) is 23.9 Å². The van der Waals surface area contributed by atoms with Gasteiger partial charge in [0.15, 0.2) is 11.6 Å². The lowest BCUT2D eigenvalue weighted by Crippen LogP contribution is -2.41. The summed E-state index contributed by atoms with van der Waals surface area (Å²) in [5.41, 5.74) is 1.23. The van der Waals surface area contributed by atoms with E-state index in [2.05, 4.69) is 19.9 Å². The monoisotopic (exact) mass is 579 g/mol. The first kappa shape index (κ1) is 29.0. The number of fused-ring (bicyclic) bond motifs is 1. The third kappa shape index (κ3) is 6.69. The molecule has 0 spiro atoms. The lowest BCUT2D eigenvalue weighted by Gasteiger charge is -2.35. The molecule has 0 aliphatic carbocycles. The first-order chi connectivity index (χ1) is 20.1. The minimum atomic E-state index is -0.714. The van der Waals surface area contributed by atoms with Crippen molar-refractivity contribution < 1.29 is 32.9 Å². The first-order valence-electron chi connectivity index (χ1n) is 13.8. The molecule has 0 N–H and O–H groups in total. The number of carbonyl (C=O) groups excluding carboxylic acids is 2. The number of rotatable bonds is 6. The molecule has 2 aliphatic heterocycles. The molecule has 0 saturated carbocycles. The number of ether oxygens (including phenoxy) is 4. The molecule has 11 nitrogen and oxygen atoms in total. The fraction of sp³-hybridized carbons (Fsp3) is 0.433. The maximum absolute atomic E-state index is 13.8. The Labute approximate surface area is 243 Å². The van der Waals surface area contributed by atoms with E-state index in [-0.39, 0.29) is 23.5 Å². The number of esters is 1. The van der Waals surface area contributed by atoms with E-state index < -0.39 is 17.4 Å². The molecule has 0 radical (unpaired) electrons. The number of pyridine rings is 1. The van der Waals surface area contributed by atoms with Gasteiger partial charge in [0.25, 0.3) is 0 Å². The van der Waals surface area contributed by atoms with Gasteiger partial charge in [0.1, 0.15) is 40.9 Å². The van der Waals surface area contributed by atoms with Gasteiger partial charge in [-0.15, -0.1) is 0 Å². The summed E-state index contributed by atoms with van der Waals surface area (Å²) in [7, 11) is 1.22. The van der Waals surface area contributed by atoms with Gasteiger partial charge in [-0.3, -0.25) is 4.98 Å². The molecule has 4 heterocycles. The number of amides is 1. The van der Waals surface area contributed by atoms with E-state index in [9.17, 15) is 14.0 Å². The number of benzene rings is 1. The van der Waals surface area contributed by atoms with Gasteiger partial charge >= 0.3 is 12.1 Å². The molecule has 1 fully saturated rings. The Bertz CT molecular complexity index is 1450. The van der Waals surface area contributed by atoms with Crippen molar-refractivity contribution in [3.63, 3.8) is 0 Å². The van der Waals surface area contributed by atoms with E-state index >= 15 is 0 Å². The Morgan fingerprint density at radius 3 is 2.55 bits per heavy atom. The minimum absolute atomic E-state index is 0.0367. The predicted octanol–water partition coefficient (Wildman–Crippen LogP) is 4.93. The normalized spacial score (nSPS) is 15.5. The van der Waals surface area contributed by atoms with Crippen LogP contribution in [-0.4, -0.2) is 70.4 Å². The van der Waals surface area contributed by atoms with E-state index in [1.165, 1.54) is 31.8 Å². The number of nitrogens with zero attached hydrogens (tertiary/aromatic N) is 5. The van der Waals surface area contributed by atoms with Crippen molar-refractivity contribution >= 4 is 17.9 Å². The second kappa shape index (κ2) is 12.2. The summed E-state index contributed by atoms with van der Waals surface area (Å²) in [6.45, 7) is 7.73. The van der Waals surface area contributed by atoms with Crippen molar-refractivity contribution in [1.29, 1.82) is 0 Å². The lowest BCUT2D eigenvalue weighted by molar-refractivity contribution is 0.0219. The Kier molecular flexibility index (Phi) is 8.41. The highest BCUT2D eigenvalue weighted by molar-refractivity contribution is 5.92. The third-order valence-electron chi connectivity index (χ3n) is 6.98. The summed E-state index contributed by atoms with van der Waals surface area (Å²) < 4.78 is 36.6. The van der Waals surface area contributed by atoms with Gasteiger partial charge in [-0.2, -0.15) is 0 Å². The SMILES string of the molecule is COC(=O)c1cc(F)ccc1Oc1cncnc1N1CCC(Oc2ccnc3c2CN(C(=O)OC(C)(C)C)CC3)CC1. The third-order valence-corrected chi connectivity index (χ3v) is 6.98. The topological polar surface area (TPSA) is 116 Å². The van der Waals surface area contributed by atoms with Crippen molar-refractivity contribution in [2.24, 2.45) is 0 Å². The Morgan fingerprint density at radius 1 is 1.02 bits per heavy atom. The van der Waals surface area contributed by atoms with Crippen LogP contribution in [0.1, 0.15) is 55.2 Å². The second-order valence-electron chi connectivity index (χ2n) is 11.1. The number of aromatic nitrogens is 3. The first-order valence-corrected chi connectivity index (χ1v) is 13.8. The number of hydrogen-bond donors (Lipinski definition) is 0. The Balaban J connectivity index is 1.25. The minimum Gasteiger partial charge on any atom is -0.490 e. The molecule has 0 bridgehead atoms. The zero-order valence-corrected chi connectivity index (χ0v) is 24.1. The Morgan fingerprint density at radius 2 is 1.81 bits per heavy atom.